The highest BCUT2D eigenvalue weighted by Crippen LogP contribution is 2.18. The number of carbonyl (C=O) groups is 1. The molecule has 4 heteroatoms. The minimum absolute atomic E-state index is 0.0373. The summed E-state index contributed by atoms with van der Waals surface area (Å²) < 4.78 is 12.8. The molecule has 0 heterocycles. The molecule has 0 atom stereocenters. The number of nitrogens with zero attached hydrogens (tertiary/aromatic N) is 1. The van der Waals surface area contributed by atoms with Crippen molar-refractivity contribution in [3.63, 3.8) is 0 Å². The highest BCUT2D eigenvalue weighted by Gasteiger charge is 2.13. The molecule has 1 aromatic carbocycles. The van der Waals surface area contributed by atoms with Gasteiger partial charge < -0.3 is 5.11 Å². The fourth-order valence-electron chi connectivity index (χ4n) is 1.17. The maximum atomic E-state index is 12.8. The molecule has 0 fully saturated rings. The van der Waals surface area contributed by atoms with E-state index in [0.29, 0.717) is 0 Å². The molecule has 0 amide bonds. The third-order valence-corrected chi connectivity index (χ3v) is 2.21. The quantitative estimate of drug-likeness (QED) is 0.770. The molecule has 1 N–H and O–H groups in total. The number of benzene rings is 1. The predicted molar refractivity (Wildman–Crippen MR) is 55.6 cm³/mol. The van der Waals surface area contributed by atoms with Gasteiger partial charge in [-0.25, -0.2) is 4.39 Å². The lowest BCUT2D eigenvalue weighted by Crippen LogP contribution is -2.25. The van der Waals surface area contributed by atoms with Gasteiger partial charge in [0.1, 0.15) is 11.6 Å². The summed E-state index contributed by atoms with van der Waals surface area (Å²) in [6, 6.07) is 3.37. The number of aromatic hydroxyl groups is 1. The zero-order valence-corrected chi connectivity index (χ0v) is 8.83. The van der Waals surface area contributed by atoms with Gasteiger partial charge in [-0.15, -0.1) is 0 Å². The Balaban J connectivity index is 2.86. The number of carbonyl (C=O) groups excluding carboxylic acids is 1. The van der Waals surface area contributed by atoms with Crippen molar-refractivity contribution < 1.29 is 14.3 Å². The van der Waals surface area contributed by atoms with Crippen molar-refractivity contribution in [2.24, 2.45) is 0 Å². The van der Waals surface area contributed by atoms with Crippen LogP contribution >= 0.6 is 0 Å². The summed E-state index contributed by atoms with van der Waals surface area (Å²) in [6.07, 6.45) is 0. The number of rotatable bonds is 4. The van der Waals surface area contributed by atoms with Gasteiger partial charge >= 0.3 is 0 Å². The van der Waals surface area contributed by atoms with E-state index in [2.05, 4.69) is 0 Å². The summed E-state index contributed by atoms with van der Waals surface area (Å²) in [7, 11) is 1.79. The smallest absolute Gasteiger partial charge is 0.180 e. The predicted octanol–water partition coefficient (Wildman–Crippen LogP) is 1.67. The van der Waals surface area contributed by atoms with E-state index < -0.39 is 5.82 Å². The van der Waals surface area contributed by atoms with E-state index in [4.69, 9.17) is 0 Å². The lowest BCUT2D eigenvalue weighted by molar-refractivity contribution is 0.0946. The van der Waals surface area contributed by atoms with Crippen LogP contribution in [-0.2, 0) is 0 Å². The van der Waals surface area contributed by atoms with Gasteiger partial charge in [0.25, 0.3) is 0 Å². The topological polar surface area (TPSA) is 40.5 Å². The van der Waals surface area contributed by atoms with Crippen LogP contribution in [0, 0.1) is 5.82 Å². The van der Waals surface area contributed by atoms with Crippen LogP contribution in [0.5, 0.6) is 5.75 Å². The Morgan fingerprint density at radius 2 is 2.20 bits per heavy atom. The van der Waals surface area contributed by atoms with Crippen LogP contribution in [0.3, 0.4) is 0 Å². The van der Waals surface area contributed by atoms with Gasteiger partial charge in [0.2, 0.25) is 0 Å². The van der Waals surface area contributed by atoms with Crippen LogP contribution in [0.1, 0.15) is 17.3 Å². The van der Waals surface area contributed by atoms with E-state index in [1.165, 1.54) is 6.07 Å². The molecule has 0 bridgehead atoms. The lowest BCUT2D eigenvalue weighted by atomic mass is 10.1. The Hall–Kier alpha value is -1.42. The summed E-state index contributed by atoms with van der Waals surface area (Å²) in [5.74, 6) is -0.974. The second kappa shape index (κ2) is 4.89. The molecular weight excluding hydrogens is 197 g/mol. The van der Waals surface area contributed by atoms with Crippen molar-refractivity contribution in [2.75, 3.05) is 20.1 Å². The van der Waals surface area contributed by atoms with Gasteiger partial charge in [-0.1, -0.05) is 6.92 Å². The van der Waals surface area contributed by atoms with Gasteiger partial charge in [0.15, 0.2) is 5.78 Å². The molecule has 0 aromatic heterocycles. The molecule has 0 saturated carbocycles. The number of hydrogen-bond donors (Lipinski definition) is 1. The van der Waals surface area contributed by atoms with Crippen molar-refractivity contribution in [2.45, 2.75) is 6.92 Å². The first-order valence-corrected chi connectivity index (χ1v) is 4.75. The van der Waals surface area contributed by atoms with Gasteiger partial charge in [0, 0.05) is 0 Å². The average molecular weight is 211 g/mol. The Labute approximate surface area is 88.1 Å². The highest BCUT2D eigenvalue weighted by atomic mass is 19.1. The fraction of sp³-hybridized carbons (Fsp3) is 0.364. The van der Waals surface area contributed by atoms with Crippen molar-refractivity contribution in [3.05, 3.63) is 29.6 Å². The Kier molecular flexibility index (Phi) is 3.80. The van der Waals surface area contributed by atoms with E-state index in [1.54, 1.807) is 11.9 Å². The zero-order chi connectivity index (χ0) is 11.4. The molecule has 0 aliphatic carbocycles. The first-order chi connectivity index (χ1) is 7.04. The molecule has 0 spiro atoms. The van der Waals surface area contributed by atoms with Crippen molar-refractivity contribution >= 4 is 5.78 Å². The van der Waals surface area contributed by atoms with Crippen LogP contribution in [-0.4, -0.2) is 35.9 Å². The van der Waals surface area contributed by atoms with E-state index in [1.807, 2.05) is 6.92 Å². The molecule has 3 nitrogen and oxygen atoms in total. The minimum Gasteiger partial charge on any atom is -0.507 e. The summed E-state index contributed by atoms with van der Waals surface area (Å²) in [5.41, 5.74) is 0.0373. The molecule has 0 saturated heterocycles. The summed E-state index contributed by atoms with van der Waals surface area (Å²) in [6.45, 7) is 2.81. The maximum Gasteiger partial charge on any atom is 0.180 e. The molecule has 0 unspecified atom stereocenters. The van der Waals surface area contributed by atoms with E-state index in [-0.39, 0.29) is 23.6 Å². The molecule has 0 aliphatic rings. The number of Topliss-reactive ketones (excluding diaryl/α,β-unsaturated/α-hetero) is 1. The second-order valence-electron chi connectivity index (χ2n) is 3.42. The Morgan fingerprint density at radius 3 is 2.80 bits per heavy atom. The number of phenols is 1. The second-order valence-corrected chi connectivity index (χ2v) is 3.42. The van der Waals surface area contributed by atoms with Gasteiger partial charge in [-0.2, -0.15) is 0 Å². The van der Waals surface area contributed by atoms with E-state index in [9.17, 15) is 14.3 Å². The van der Waals surface area contributed by atoms with Gasteiger partial charge in [-0.05, 0) is 31.8 Å². The highest BCUT2D eigenvalue weighted by molar-refractivity contribution is 5.99. The minimum atomic E-state index is -0.518. The van der Waals surface area contributed by atoms with Crippen LogP contribution < -0.4 is 0 Å². The maximum absolute atomic E-state index is 12.8. The molecule has 1 rings (SSSR count). The van der Waals surface area contributed by atoms with Crippen LogP contribution in [0.2, 0.25) is 0 Å². The number of likely N-dealkylation sites (N-methyl/N-ethyl adjacent to an activating group) is 1. The molecular formula is C11H14FNO2. The lowest BCUT2D eigenvalue weighted by Gasteiger charge is -2.12. The van der Waals surface area contributed by atoms with Gasteiger partial charge in [0.05, 0.1) is 12.1 Å². The number of ketones is 1. The van der Waals surface area contributed by atoms with Gasteiger partial charge in [-0.3, -0.25) is 9.69 Å². The van der Waals surface area contributed by atoms with Crippen LogP contribution in [0.25, 0.3) is 0 Å². The van der Waals surface area contributed by atoms with Crippen LogP contribution in [0.4, 0.5) is 4.39 Å². The first kappa shape index (κ1) is 11.7. The van der Waals surface area contributed by atoms with Crippen molar-refractivity contribution in [1.29, 1.82) is 0 Å². The summed E-state index contributed by atoms with van der Waals surface area (Å²) >= 11 is 0. The summed E-state index contributed by atoms with van der Waals surface area (Å²) in [4.78, 5) is 13.4. The first-order valence-electron chi connectivity index (χ1n) is 4.75. The normalized spacial score (nSPS) is 10.7. The number of phenolic OH excluding ortho intramolecular Hbond substituents is 1. The number of hydrogen-bond acceptors (Lipinski definition) is 3. The molecule has 82 valence electrons. The zero-order valence-electron chi connectivity index (χ0n) is 8.83. The molecule has 0 aliphatic heterocycles. The molecule has 1 aromatic rings. The number of halogens is 1. The Bertz CT molecular complexity index is 366. The van der Waals surface area contributed by atoms with Crippen molar-refractivity contribution in [1.82, 2.24) is 4.90 Å². The van der Waals surface area contributed by atoms with Crippen molar-refractivity contribution in [3.8, 4) is 5.75 Å². The molecule has 0 radical (unpaired) electrons. The monoisotopic (exact) mass is 211 g/mol. The van der Waals surface area contributed by atoms with E-state index in [0.717, 1.165) is 18.7 Å². The van der Waals surface area contributed by atoms with E-state index >= 15 is 0 Å². The fourth-order valence-corrected chi connectivity index (χ4v) is 1.17. The average Bonchev–Trinajstić information content (AvgIpc) is 2.21. The third kappa shape index (κ3) is 3.02. The van der Waals surface area contributed by atoms with Crippen LogP contribution in [0.15, 0.2) is 18.2 Å². The third-order valence-electron chi connectivity index (χ3n) is 2.21. The molecule has 15 heavy (non-hydrogen) atoms. The SMILES string of the molecule is CCN(C)CC(=O)c1cc(F)ccc1O. The standard InChI is InChI=1S/C11H14FNO2/c1-3-13(2)7-11(15)9-6-8(12)4-5-10(9)14/h4-6,14H,3,7H2,1-2H3. The Morgan fingerprint density at radius 1 is 1.53 bits per heavy atom. The largest absolute Gasteiger partial charge is 0.507 e. The summed E-state index contributed by atoms with van der Waals surface area (Å²) in [5, 5.41) is 9.38.